The van der Waals surface area contributed by atoms with Crippen molar-refractivity contribution < 1.29 is 14.3 Å². The largest absolute Gasteiger partial charge is 0.513 e. The normalized spacial score (nSPS) is 11.1. The van der Waals surface area contributed by atoms with E-state index in [4.69, 9.17) is 39.5 Å². The monoisotopic (exact) mass is 429 g/mol. The second-order valence-electron chi connectivity index (χ2n) is 5.71. The van der Waals surface area contributed by atoms with Gasteiger partial charge in [-0.3, -0.25) is 4.98 Å². The summed E-state index contributed by atoms with van der Waals surface area (Å²) in [5.41, 5.74) is 1.05. The maximum Gasteiger partial charge on any atom is 0.513 e. The lowest BCUT2D eigenvalue weighted by Gasteiger charge is -2.17. The van der Waals surface area contributed by atoms with E-state index in [0.717, 1.165) is 0 Å². The van der Waals surface area contributed by atoms with Crippen LogP contribution in [0.15, 0.2) is 18.5 Å². The molecule has 0 bridgehead atoms. The molecule has 0 aliphatic heterocycles. The highest BCUT2D eigenvalue weighted by atomic mass is 35.5. The first-order valence-electron chi connectivity index (χ1n) is 7.72. The molecule has 1 N–H and O–H groups in total. The second-order valence-corrected chi connectivity index (χ2v) is 6.91. The molecule has 0 atom stereocenters. The Bertz CT molecular complexity index is 1020. The maximum absolute atomic E-state index is 11.4. The standard InChI is InChI=1S/C16H14Cl3N5O3/c1-7(2)22-15-11(12-9(18)4-8(17)5-20-12)13(19)23-14-10(6-21-24(14)15)27-16(25)26-3/h4-7,22H,1-3H3. The van der Waals surface area contributed by atoms with Crippen LogP contribution in [0.1, 0.15) is 13.8 Å². The van der Waals surface area contributed by atoms with Crippen LogP contribution in [0.3, 0.4) is 0 Å². The number of ether oxygens (including phenoxy) is 2. The van der Waals surface area contributed by atoms with E-state index in [1.807, 2.05) is 13.8 Å². The number of carbonyl (C=O) groups excluding carboxylic acids is 1. The van der Waals surface area contributed by atoms with Gasteiger partial charge in [0.1, 0.15) is 11.0 Å². The van der Waals surface area contributed by atoms with Gasteiger partial charge in [0.15, 0.2) is 5.75 Å². The van der Waals surface area contributed by atoms with Crippen molar-refractivity contribution in [2.24, 2.45) is 0 Å². The van der Waals surface area contributed by atoms with Gasteiger partial charge >= 0.3 is 6.16 Å². The number of fused-ring (bicyclic) bond motifs is 1. The van der Waals surface area contributed by atoms with Crippen molar-refractivity contribution in [1.29, 1.82) is 0 Å². The molecular formula is C16H14Cl3N5O3. The van der Waals surface area contributed by atoms with Gasteiger partial charge in [-0.2, -0.15) is 9.61 Å². The first kappa shape index (κ1) is 19.5. The van der Waals surface area contributed by atoms with E-state index in [0.29, 0.717) is 27.1 Å². The van der Waals surface area contributed by atoms with Crippen LogP contribution in [-0.2, 0) is 4.74 Å². The van der Waals surface area contributed by atoms with E-state index in [1.54, 1.807) is 6.07 Å². The Morgan fingerprint density at radius 1 is 1.26 bits per heavy atom. The lowest BCUT2D eigenvalue weighted by Crippen LogP contribution is -2.16. The SMILES string of the molecule is COC(=O)Oc1cnn2c(NC(C)C)c(-c3ncc(Cl)cc3Cl)c(Cl)nc12. The van der Waals surface area contributed by atoms with E-state index in [2.05, 4.69) is 25.1 Å². The molecule has 142 valence electrons. The van der Waals surface area contributed by atoms with Crippen molar-refractivity contribution in [2.45, 2.75) is 19.9 Å². The molecule has 0 aromatic carbocycles. The van der Waals surface area contributed by atoms with Crippen LogP contribution in [0, 0.1) is 0 Å². The third-order valence-electron chi connectivity index (χ3n) is 3.40. The fourth-order valence-electron chi connectivity index (χ4n) is 2.36. The number of pyridine rings is 1. The minimum atomic E-state index is -0.896. The van der Waals surface area contributed by atoms with Crippen molar-refractivity contribution >= 4 is 52.4 Å². The molecule has 3 aromatic heterocycles. The molecule has 0 saturated heterocycles. The average Bonchev–Trinajstić information content (AvgIpc) is 2.98. The summed E-state index contributed by atoms with van der Waals surface area (Å²) >= 11 is 18.7. The molecule has 3 rings (SSSR count). The molecule has 0 radical (unpaired) electrons. The molecule has 0 fully saturated rings. The summed E-state index contributed by atoms with van der Waals surface area (Å²) in [6, 6.07) is 1.57. The number of nitrogens with zero attached hydrogens (tertiary/aromatic N) is 4. The minimum Gasteiger partial charge on any atom is -0.437 e. The minimum absolute atomic E-state index is 0.0191. The molecule has 0 amide bonds. The predicted molar refractivity (Wildman–Crippen MR) is 103 cm³/mol. The van der Waals surface area contributed by atoms with Crippen LogP contribution in [0.2, 0.25) is 15.2 Å². The van der Waals surface area contributed by atoms with Gasteiger partial charge in [-0.15, -0.1) is 0 Å². The lowest BCUT2D eigenvalue weighted by molar-refractivity contribution is 0.122. The molecule has 0 spiro atoms. The van der Waals surface area contributed by atoms with Gasteiger partial charge in [-0.25, -0.2) is 9.78 Å². The Hall–Kier alpha value is -2.29. The Morgan fingerprint density at radius 2 is 2.00 bits per heavy atom. The summed E-state index contributed by atoms with van der Waals surface area (Å²) in [5, 5.41) is 8.27. The molecule has 27 heavy (non-hydrogen) atoms. The van der Waals surface area contributed by atoms with Gasteiger partial charge in [0.05, 0.1) is 34.6 Å². The van der Waals surface area contributed by atoms with Gasteiger partial charge < -0.3 is 14.8 Å². The molecule has 0 unspecified atom stereocenters. The van der Waals surface area contributed by atoms with Gasteiger partial charge in [-0.05, 0) is 19.9 Å². The Kier molecular flexibility index (Phi) is 5.59. The maximum atomic E-state index is 11.4. The van der Waals surface area contributed by atoms with Crippen LogP contribution in [0.5, 0.6) is 5.75 Å². The molecule has 3 heterocycles. The smallest absolute Gasteiger partial charge is 0.437 e. The second kappa shape index (κ2) is 7.75. The molecule has 0 saturated carbocycles. The zero-order chi connectivity index (χ0) is 19.7. The van der Waals surface area contributed by atoms with E-state index in [9.17, 15) is 4.79 Å². The molecule has 11 heteroatoms. The molecular weight excluding hydrogens is 417 g/mol. The number of carbonyl (C=O) groups is 1. The Morgan fingerprint density at radius 3 is 2.63 bits per heavy atom. The van der Waals surface area contributed by atoms with Gasteiger partial charge in [-0.1, -0.05) is 34.8 Å². The molecule has 3 aromatic rings. The first-order chi connectivity index (χ1) is 12.8. The first-order valence-corrected chi connectivity index (χ1v) is 8.86. The average molecular weight is 431 g/mol. The topological polar surface area (TPSA) is 90.6 Å². The predicted octanol–water partition coefficient (Wildman–Crippen LogP) is 4.72. The number of halogens is 3. The zero-order valence-corrected chi connectivity index (χ0v) is 16.7. The number of anilines is 1. The fourth-order valence-corrected chi connectivity index (χ4v) is 3.10. The summed E-state index contributed by atoms with van der Waals surface area (Å²) in [4.78, 5) is 20.0. The van der Waals surface area contributed by atoms with Crippen LogP contribution >= 0.6 is 34.8 Å². The zero-order valence-electron chi connectivity index (χ0n) is 14.5. The number of rotatable bonds is 4. The number of aromatic nitrogens is 4. The number of methoxy groups -OCH3 is 1. The summed E-state index contributed by atoms with van der Waals surface area (Å²) in [5.74, 6) is 0.578. The number of hydrogen-bond acceptors (Lipinski definition) is 7. The quantitative estimate of drug-likeness (QED) is 0.473. The van der Waals surface area contributed by atoms with Crippen molar-refractivity contribution in [2.75, 3.05) is 12.4 Å². The number of nitrogens with one attached hydrogen (secondary N) is 1. The molecule has 0 aliphatic rings. The highest BCUT2D eigenvalue weighted by Crippen LogP contribution is 2.39. The Balaban J connectivity index is 2.27. The van der Waals surface area contributed by atoms with Crippen LogP contribution in [0.25, 0.3) is 16.9 Å². The van der Waals surface area contributed by atoms with Gasteiger partial charge in [0.25, 0.3) is 0 Å². The van der Waals surface area contributed by atoms with Crippen molar-refractivity contribution in [1.82, 2.24) is 19.6 Å². The van der Waals surface area contributed by atoms with Gasteiger partial charge in [0, 0.05) is 12.2 Å². The van der Waals surface area contributed by atoms with Gasteiger partial charge in [0.2, 0.25) is 5.65 Å². The summed E-state index contributed by atoms with van der Waals surface area (Å²) < 4.78 is 11.0. The molecule has 0 aliphatic carbocycles. The van der Waals surface area contributed by atoms with E-state index >= 15 is 0 Å². The fraction of sp³-hybridized carbons (Fsp3) is 0.250. The third-order valence-corrected chi connectivity index (χ3v) is 4.17. The highest BCUT2D eigenvalue weighted by Gasteiger charge is 2.24. The van der Waals surface area contributed by atoms with Crippen molar-refractivity contribution in [3.63, 3.8) is 0 Å². The Labute approximate surface area is 169 Å². The van der Waals surface area contributed by atoms with E-state index in [-0.39, 0.29) is 22.6 Å². The highest BCUT2D eigenvalue weighted by molar-refractivity contribution is 6.37. The third kappa shape index (κ3) is 3.87. The van der Waals surface area contributed by atoms with Crippen molar-refractivity contribution in [3.05, 3.63) is 33.7 Å². The molecule has 8 nitrogen and oxygen atoms in total. The van der Waals surface area contributed by atoms with Crippen LogP contribution in [-0.4, -0.2) is 38.9 Å². The van der Waals surface area contributed by atoms with Crippen molar-refractivity contribution in [3.8, 4) is 17.0 Å². The summed E-state index contributed by atoms with van der Waals surface area (Å²) in [6.07, 6.45) is 1.90. The van der Waals surface area contributed by atoms with E-state index < -0.39 is 6.16 Å². The summed E-state index contributed by atoms with van der Waals surface area (Å²) in [7, 11) is 1.20. The number of hydrogen-bond donors (Lipinski definition) is 1. The van der Waals surface area contributed by atoms with Crippen LogP contribution < -0.4 is 10.1 Å². The lowest BCUT2D eigenvalue weighted by atomic mass is 10.2. The van der Waals surface area contributed by atoms with E-state index in [1.165, 1.54) is 24.0 Å². The van der Waals surface area contributed by atoms with Crippen LogP contribution in [0.4, 0.5) is 10.6 Å². The summed E-state index contributed by atoms with van der Waals surface area (Å²) in [6.45, 7) is 3.88.